The average molecular weight is 409 g/mol. The molecule has 0 spiro atoms. The van der Waals surface area contributed by atoms with E-state index in [1.165, 1.54) is 0 Å². The summed E-state index contributed by atoms with van der Waals surface area (Å²) in [5, 5.41) is 17.9. The van der Waals surface area contributed by atoms with E-state index in [1.807, 2.05) is 48.5 Å². The minimum Gasteiger partial charge on any atom is -0.497 e. The van der Waals surface area contributed by atoms with Crippen molar-refractivity contribution in [1.29, 1.82) is 0 Å². The normalized spacial score (nSPS) is 21.5. The van der Waals surface area contributed by atoms with Crippen LogP contribution in [0.1, 0.15) is 24.2 Å². The second kappa shape index (κ2) is 9.84. The number of methoxy groups -OCH3 is 1. The second-order valence-corrected chi connectivity index (χ2v) is 7.51. The van der Waals surface area contributed by atoms with Gasteiger partial charge in [-0.2, -0.15) is 0 Å². The first-order valence-corrected chi connectivity index (χ1v) is 10.3. The van der Waals surface area contributed by atoms with E-state index >= 15 is 0 Å². The maximum Gasteiger partial charge on any atom is 0.167 e. The van der Waals surface area contributed by atoms with Crippen molar-refractivity contribution in [3.8, 4) is 17.1 Å². The van der Waals surface area contributed by atoms with E-state index in [9.17, 15) is 5.11 Å². The van der Waals surface area contributed by atoms with Gasteiger partial charge in [-0.15, -0.1) is 0 Å². The van der Waals surface area contributed by atoms with Gasteiger partial charge in [0.25, 0.3) is 0 Å². The van der Waals surface area contributed by atoms with Crippen LogP contribution in [0, 0.1) is 0 Å². The lowest BCUT2D eigenvalue weighted by molar-refractivity contribution is -0.115. The number of nitrogens with one attached hydrogen (secondary N) is 1. The highest BCUT2D eigenvalue weighted by Crippen LogP contribution is 2.26. The number of aliphatic hydroxyl groups is 1. The zero-order chi connectivity index (χ0) is 20.8. The average Bonchev–Trinajstić information content (AvgIpc) is 3.25. The molecule has 2 N–H and O–H groups in total. The maximum atomic E-state index is 10.3. The molecule has 3 aromatic rings. The van der Waals surface area contributed by atoms with Gasteiger partial charge in [0.1, 0.15) is 5.75 Å². The van der Waals surface area contributed by atoms with Crippen molar-refractivity contribution in [2.45, 2.75) is 44.1 Å². The molecule has 0 saturated carbocycles. The fraction of sp³-hybridized carbons (Fsp3) is 0.391. The van der Waals surface area contributed by atoms with Gasteiger partial charge in [0, 0.05) is 37.3 Å². The quantitative estimate of drug-likeness (QED) is 0.591. The fourth-order valence-electron chi connectivity index (χ4n) is 3.66. The van der Waals surface area contributed by atoms with Crippen LogP contribution in [-0.2, 0) is 17.7 Å². The molecule has 1 fully saturated rings. The fourth-order valence-corrected chi connectivity index (χ4v) is 3.66. The number of hydrogen-bond donors (Lipinski definition) is 2. The Balaban J connectivity index is 1.30. The molecule has 1 saturated heterocycles. The molecule has 0 radical (unpaired) electrons. The van der Waals surface area contributed by atoms with Gasteiger partial charge >= 0.3 is 0 Å². The molecular weight excluding hydrogens is 382 g/mol. The molecule has 3 unspecified atom stereocenters. The SMILES string of the molecule is COc1ccc(-c2cc(CC3CCC(O)C(CNCc4ccccn4)O3)no2)cc1. The number of nitrogens with zero attached hydrogens (tertiary/aromatic N) is 2. The first kappa shape index (κ1) is 20.5. The minimum atomic E-state index is -0.468. The summed E-state index contributed by atoms with van der Waals surface area (Å²) in [5.74, 6) is 1.52. The number of rotatable bonds is 8. The Kier molecular flexibility index (Phi) is 6.74. The third kappa shape index (κ3) is 5.24. The van der Waals surface area contributed by atoms with Crippen molar-refractivity contribution in [3.63, 3.8) is 0 Å². The molecule has 1 aromatic carbocycles. The number of aromatic nitrogens is 2. The Morgan fingerprint density at radius 3 is 2.77 bits per heavy atom. The molecule has 4 rings (SSSR count). The van der Waals surface area contributed by atoms with Gasteiger partial charge in [-0.25, -0.2) is 0 Å². The third-order valence-electron chi connectivity index (χ3n) is 5.33. The predicted octanol–water partition coefficient (Wildman–Crippen LogP) is 2.99. The summed E-state index contributed by atoms with van der Waals surface area (Å²) in [5.41, 5.74) is 2.77. The third-order valence-corrected chi connectivity index (χ3v) is 5.33. The summed E-state index contributed by atoms with van der Waals surface area (Å²) in [6.07, 6.45) is 3.22. The van der Waals surface area contributed by atoms with Crippen LogP contribution in [0.15, 0.2) is 59.3 Å². The van der Waals surface area contributed by atoms with Crippen LogP contribution >= 0.6 is 0 Å². The topological polar surface area (TPSA) is 89.6 Å². The second-order valence-electron chi connectivity index (χ2n) is 7.51. The van der Waals surface area contributed by atoms with Gasteiger partial charge in [0.15, 0.2) is 5.76 Å². The van der Waals surface area contributed by atoms with Gasteiger partial charge in [-0.3, -0.25) is 4.98 Å². The van der Waals surface area contributed by atoms with Crippen molar-refractivity contribution in [3.05, 3.63) is 66.1 Å². The smallest absolute Gasteiger partial charge is 0.167 e. The highest BCUT2D eigenvalue weighted by Gasteiger charge is 2.30. The molecule has 3 heterocycles. The molecule has 7 heteroatoms. The lowest BCUT2D eigenvalue weighted by atomic mass is 9.98. The molecule has 30 heavy (non-hydrogen) atoms. The number of aliphatic hydroxyl groups excluding tert-OH is 1. The van der Waals surface area contributed by atoms with Gasteiger partial charge in [0.05, 0.1) is 36.8 Å². The molecule has 2 aromatic heterocycles. The maximum absolute atomic E-state index is 10.3. The summed E-state index contributed by atoms with van der Waals surface area (Å²) in [6, 6.07) is 15.5. The largest absolute Gasteiger partial charge is 0.497 e. The number of benzene rings is 1. The van der Waals surface area contributed by atoms with E-state index in [0.29, 0.717) is 25.9 Å². The predicted molar refractivity (Wildman–Crippen MR) is 112 cm³/mol. The lowest BCUT2D eigenvalue weighted by Crippen LogP contribution is -2.45. The van der Waals surface area contributed by atoms with Crippen molar-refractivity contribution in [2.24, 2.45) is 0 Å². The van der Waals surface area contributed by atoms with Crippen LogP contribution in [-0.4, -0.2) is 47.2 Å². The molecule has 0 bridgehead atoms. The monoisotopic (exact) mass is 409 g/mol. The highest BCUT2D eigenvalue weighted by molar-refractivity contribution is 5.58. The Hall–Kier alpha value is -2.74. The zero-order valence-corrected chi connectivity index (χ0v) is 17.0. The summed E-state index contributed by atoms with van der Waals surface area (Å²) < 4.78 is 16.9. The zero-order valence-electron chi connectivity index (χ0n) is 17.0. The summed E-state index contributed by atoms with van der Waals surface area (Å²) in [7, 11) is 1.64. The van der Waals surface area contributed by atoms with Crippen LogP contribution in [0.2, 0.25) is 0 Å². The van der Waals surface area contributed by atoms with E-state index in [4.69, 9.17) is 14.0 Å². The summed E-state index contributed by atoms with van der Waals surface area (Å²) in [4.78, 5) is 4.30. The number of ether oxygens (including phenoxy) is 2. The van der Waals surface area contributed by atoms with E-state index in [2.05, 4.69) is 15.5 Å². The Labute approximate surface area is 176 Å². The van der Waals surface area contributed by atoms with Crippen LogP contribution in [0.5, 0.6) is 5.75 Å². The van der Waals surface area contributed by atoms with Crippen molar-refractivity contribution < 1.29 is 19.1 Å². The van der Waals surface area contributed by atoms with Gasteiger partial charge in [-0.05, 0) is 49.2 Å². The van der Waals surface area contributed by atoms with Crippen molar-refractivity contribution in [2.75, 3.05) is 13.7 Å². The highest BCUT2D eigenvalue weighted by atomic mass is 16.5. The van der Waals surface area contributed by atoms with Crippen LogP contribution in [0.3, 0.4) is 0 Å². The van der Waals surface area contributed by atoms with Crippen molar-refractivity contribution >= 4 is 0 Å². The van der Waals surface area contributed by atoms with Gasteiger partial charge in [-0.1, -0.05) is 11.2 Å². The molecule has 0 amide bonds. The van der Waals surface area contributed by atoms with E-state index in [0.717, 1.165) is 34.9 Å². The van der Waals surface area contributed by atoms with Crippen LogP contribution < -0.4 is 10.1 Å². The molecular formula is C23H27N3O4. The number of hydrogen-bond acceptors (Lipinski definition) is 7. The standard InChI is InChI=1S/C23H27N3O4/c1-28-19-7-5-16(6-8-19)22-13-18(26-30-22)12-20-9-10-21(27)23(29-20)15-24-14-17-4-2-3-11-25-17/h2-8,11,13,20-21,23-24,27H,9-10,12,14-15H2,1H3. The first-order valence-electron chi connectivity index (χ1n) is 10.3. The summed E-state index contributed by atoms with van der Waals surface area (Å²) in [6.45, 7) is 1.22. The molecule has 1 aliphatic heterocycles. The molecule has 158 valence electrons. The lowest BCUT2D eigenvalue weighted by Gasteiger charge is -2.34. The minimum absolute atomic E-state index is 0.00358. The molecule has 7 nitrogen and oxygen atoms in total. The van der Waals surface area contributed by atoms with E-state index < -0.39 is 6.10 Å². The van der Waals surface area contributed by atoms with E-state index in [1.54, 1.807) is 13.3 Å². The number of pyridine rings is 1. The van der Waals surface area contributed by atoms with Gasteiger partial charge in [0.2, 0.25) is 0 Å². The summed E-state index contributed by atoms with van der Waals surface area (Å²) >= 11 is 0. The van der Waals surface area contributed by atoms with Crippen molar-refractivity contribution in [1.82, 2.24) is 15.5 Å². The Morgan fingerprint density at radius 2 is 2.00 bits per heavy atom. The Bertz CT molecular complexity index is 914. The Morgan fingerprint density at radius 1 is 1.13 bits per heavy atom. The van der Waals surface area contributed by atoms with Crippen LogP contribution in [0.25, 0.3) is 11.3 Å². The molecule has 0 aliphatic carbocycles. The van der Waals surface area contributed by atoms with Crippen LogP contribution in [0.4, 0.5) is 0 Å². The molecule has 3 atom stereocenters. The first-order chi connectivity index (χ1) is 14.7. The van der Waals surface area contributed by atoms with Gasteiger partial charge < -0.3 is 24.4 Å². The van der Waals surface area contributed by atoms with E-state index in [-0.39, 0.29) is 12.2 Å². The molecule has 1 aliphatic rings.